The summed E-state index contributed by atoms with van der Waals surface area (Å²) < 4.78 is 14.1. The zero-order chi connectivity index (χ0) is 20.1. The second-order valence-corrected chi connectivity index (χ2v) is 7.24. The molecule has 0 radical (unpaired) electrons. The van der Waals surface area contributed by atoms with Crippen LogP contribution in [0.2, 0.25) is 0 Å². The Morgan fingerprint density at radius 2 is 1.79 bits per heavy atom. The quantitative estimate of drug-likeness (QED) is 0.659. The second kappa shape index (κ2) is 9.11. The van der Waals surface area contributed by atoms with E-state index in [4.69, 9.17) is 0 Å². The molecule has 29 heavy (non-hydrogen) atoms. The minimum atomic E-state index is -1.00. The molecule has 1 saturated heterocycles. The number of aliphatic hydroxyl groups excluding tert-OH is 1. The molecule has 0 spiro atoms. The van der Waals surface area contributed by atoms with Gasteiger partial charge in [-0.05, 0) is 0 Å². The van der Waals surface area contributed by atoms with Gasteiger partial charge in [-0.25, -0.2) is 9.37 Å². The first kappa shape index (κ1) is 19.5. The van der Waals surface area contributed by atoms with E-state index in [9.17, 15) is 9.50 Å². The number of rotatable bonds is 7. The number of aliphatic hydroxyl groups is 1. The molecule has 0 bridgehead atoms. The second-order valence-electron chi connectivity index (χ2n) is 7.24. The molecule has 0 saturated carbocycles. The van der Waals surface area contributed by atoms with Gasteiger partial charge < -0.3 is 10.0 Å². The van der Waals surface area contributed by atoms with Crippen molar-refractivity contribution in [2.45, 2.75) is 19.2 Å². The molecule has 1 aliphatic rings. The van der Waals surface area contributed by atoms with Crippen LogP contribution in [0.25, 0.3) is 11.3 Å². The molecule has 0 aliphatic carbocycles. The number of benzene rings is 1. The molecule has 7 nitrogen and oxygen atoms in total. The Balaban J connectivity index is 1.37. The van der Waals surface area contributed by atoms with Crippen LogP contribution in [0.1, 0.15) is 5.56 Å². The topological polar surface area (TPSA) is 70.3 Å². The van der Waals surface area contributed by atoms with Crippen molar-refractivity contribution < 1.29 is 9.50 Å². The Morgan fingerprint density at radius 1 is 1.03 bits per heavy atom. The highest BCUT2D eigenvalue weighted by Gasteiger charge is 2.21. The smallest absolute Gasteiger partial charge is 0.155 e. The molecule has 1 N–H and O–H groups in total. The highest BCUT2D eigenvalue weighted by atomic mass is 19.1. The average molecular weight is 396 g/mol. The minimum absolute atomic E-state index is 0.180. The molecule has 1 aliphatic heterocycles. The van der Waals surface area contributed by atoms with Gasteiger partial charge in [-0.1, -0.05) is 30.3 Å². The van der Waals surface area contributed by atoms with Gasteiger partial charge in [0.2, 0.25) is 0 Å². The number of alkyl halides is 1. The zero-order valence-electron chi connectivity index (χ0n) is 16.2. The first-order chi connectivity index (χ1) is 14.2. The van der Waals surface area contributed by atoms with E-state index in [0.29, 0.717) is 0 Å². The van der Waals surface area contributed by atoms with Gasteiger partial charge in [-0.2, -0.15) is 5.10 Å². The van der Waals surface area contributed by atoms with Crippen LogP contribution in [-0.2, 0) is 13.1 Å². The predicted molar refractivity (Wildman–Crippen MR) is 109 cm³/mol. The number of nitrogens with zero attached hydrogens (tertiary/aromatic N) is 6. The largest absolute Gasteiger partial charge is 0.388 e. The Morgan fingerprint density at radius 3 is 2.55 bits per heavy atom. The molecule has 1 fully saturated rings. The molecular formula is C21H25FN6O. The lowest BCUT2D eigenvalue weighted by atomic mass is 10.1. The molecule has 3 heterocycles. The maximum absolute atomic E-state index is 12.5. The van der Waals surface area contributed by atoms with E-state index in [2.05, 4.69) is 37.0 Å². The monoisotopic (exact) mass is 396 g/mol. The third-order valence-electron chi connectivity index (χ3n) is 5.07. The van der Waals surface area contributed by atoms with Crippen molar-refractivity contribution >= 4 is 5.82 Å². The summed E-state index contributed by atoms with van der Waals surface area (Å²) in [7, 11) is 0. The van der Waals surface area contributed by atoms with Crippen LogP contribution in [0.3, 0.4) is 0 Å². The van der Waals surface area contributed by atoms with Gasteiger partial charge in [0.05, 0.1) is 12.7 Å². The minimum Gasteiger partial charge on any atom is -0.388 e. The third-order valence-corrected chi connectivity index (χ3v) is 5.07. The van der Waals surface area contributed by atoms with Crippen LogP contribution in [0.15, 0.2) is 55.1 Å². The van der Waals surface area contributed by atoms with Crippen molar-refractivity contribution in [2.24, 2.45) is 0 Å². The van der Waals surface area contributed by atoms with E-state index in [1.165, 1.54) is 0 Å². The van der Waals surface area contributed by atoms with Crippen LogP contribution in [0.4, 0.5) is 10.2 Å². The normalized spacial score (nSPS) is 16.1. The van der Waals surface area contributed by atoms with Gasteiger partial charge in [-0.3, -0.25) is 14.6 Å². The van der Waals surface area contributed by atoms with Gasteiger partial charge in [0.1, 0.15) is 18.5 Å². The predicted octanol–water partition coefficient (Wildman–Crippen LogP) is 1.99. The van der Waals surface area contributed by atoms with Crippen LogP contribution in [0.5, 0.6) is 0 Å². The van der Waals surface area contributed by atoms with E-state index >= 15 is 0 Å². The van der Waals surface area contributed by atoms with E-state index in [1.54, 1.807) is 23.3 Å². The van der Waals surface area contributed by atoms with Gasteiger partial charge in [0.15, 0.2) is 5.82 Å². The van der Waals surface area contributed by atoms with E-state index in [-0.39, 0.29) is 6.54 Å². The Labute approximate surface area is 169 Å². The highest BCUT2D eigenvalue weighted by molar-refractivity contribution is 5.71. The molecule has 1 atom stereocenters. The summed E-state index contributed by atoms with van der Waals surface area (Å²) in [4.78, 5) is 13.8. The fourth-order valence-corrected chi connectivity index (χ4v) is 3.59. The Hall–Kier alpha value is -2.84. The van der Waals surface area contributed by atoms with E-state index in [0.717, 1.165) is 55.4 Å². The lowest BCUT2D eigenvalue weighted by Gasteiger charge is -2.35. The van der Waals surface area contributed by atoms with Crippen LogP contribution >= 0.6 is 0 Å². The summed E-state index contributed by atoms with van der Waals surface area (Å²) >= 11 is 0. The number of halogens is 1. The third kappa shape index (κ3) is 4.78. The summed E-state index contributed by atoms with van der Waals surface area (Å²) in [5.74, 6) is 0.923. The van der Waals surface area contributed by atoms with E-state index in [1.807, 2.05) is 24.4 Å². The zero-order valence-corrected chi connectivity index (χ0v) is 16.2. The molecule has 2 aromatic heterocycles. The van der Waals surface area contributed by atoms with Crippen LogP contribution in [0, 0.1) is 0 Å². The lowest BCUT2D eigenvalue weighted by Crippen LogP contribution is -2.46. The van der Waals surface area contributed by atoms with Crippen molar-refractivity contribution in [1.29, 1.82) is 0 Å². The maximum atomic E-state index is 12.5. The number of hydrogen-bond acceptors (Lipinski definition) is 6. The number of hydrogen-bond donors (Lipinski definition) is 1. The molecule has 3 aromatic rings. The fourth-order valence-electron chi connectivity index (χ4n) is 3.59. The van der Waals surface area contributed by atoms with Crippen molar-refractivity contribution in [3.8, 4) is 11.3 Å². The van der Waals surface area contributed by atoms with Crippen molar-refractivity contribution in [3.63, 3.8) is 0 Å². The SMILES string of the molecule is OC(CF)Cn1cc(CN2CCN(c3nccnc3-c3ccccc3)CC2)cn1. The summed E-state index contributed by atoms with van der Waals surface area (Å²) in [5.41, 5.74) is 3.05. The molecule has 1 unspecified atom stereocenters. The van der Waals surface area contributed by atoms with Gasteiger partial charge in [0, 0.05) is 62.4 Å². The first-order valence-electron chi connectivity index (χ1n) is 9.82. The molecule has 152 valence electrons. The highest BCUT2D eigenvalue weighted by Crippen LogP contribution is 2.27. The molecule has 1 aromatic carbocycles. The summed E-state index contributed by atoms with van der Waals surface area (Å²) in [6.45, 7) is 3.75. The standard InChI is InChI=1S/C21H25FN6O/c22-12-19(29)16-28-15-17(13-25-28)14-26-8-10-27(11-9-26)21-20(23-6-7-24-21)18-4-2-1-3-5-18/h1-7,13,15,19,29H,8-12,14,16H2. The Kier molecular flexibility index (Phi) is 6.12. The number of piperazine rings is 1. The maximum Gasteiger partial charge on any atom is 0.155 e. The summed E-state index contributed by atoms with van der Waals surface area (Å²) in [6, 6.07) is 10.1. The van der Waals surface area contributed by atoms with Gasteiger partial charge >= 0.3 is 0 Å². The molecule has 4 rings (SSSR count). The van der Waals surface area contributed by atoms with E-state index < -0.39 is 12.8 Å². The molecule has 8 heteroatoms. The summed E-state index contributed by atoms with van der Waals surface area (Å²) in [5, 5.41) is 13.6. The fraction of sp³-hybridized carbons (Fsp3) is 0.381. The van der Waals surface area contributed by atoms with Crippen LogP contribution < -0.4 is 4.90 Å². The average Bonchev–Trinajstić information content (AvgIpc) is 3.21. The number of aromatic nitrogens is 4. The van der Waals surface area contributed by atoms with Crippen molar-refractivity contribution in [1.82, 2.24) is 24.6 Å². The van der Waals surface area contributed by atoms with Gasteiger partial charge in [0.25, 0.3) is 0 Å². The molecule has 0 amide bonds. The molecular weight excluding hydrogens is 371 g/mol. The van der Waals surface area contributed by atoms with Crippen molar-refractivity contribution in [3.05, 3.63) is 60.7 Å². The van der Waals surface area contributed by atoms with Crippen LogP contribution in [-0.4, -0.2) is 68.7 Å². The Bertz CT molecular complexity index is 910. The van der Waals surface area contributed by atoms with Crippen molar-refractivity contribution in [2.75, 3.05) is 37.8 Å². The van der Waals surface area contributed by atoms with Gasteiger partial charge in [-0.15, -0.1) is 0 Å². The first-order valence-corrected chi connectivity index (χ1v) is 9.82. The number of anilines is 1. The lowest BCUT2D eigenvalue weighted by molar-refractivity contribution is 0.118. The summed E-state index contributed by atoms with van der Waals surface area (Å²) in [6.07, 6.45) is 6.14.